The van der Waals surface area contributed by atoms with Crippen LogP contribution in [0, 0.1) is 0 Å². The fourth-order valence-electron chi connectivity index (χ4n) is 2.11. The van der Waals surface area contributed by atoms with Crippen molar-refractivity contribution in [1.29, 1.82) is 0 Å². The van der Waals surface area contributed by atoms with Gasteiger partial charge >= 0.3 is 0 Å². The van der Waals surface area contributed by atoms with Crippen LogP contribution in [0.3, 0.4) is 0 Å². The van der Waals surface area contributed by atoms with Gasteiger partial charge in [-0.25, -0.2) is 0 Å². The van der Waals surface area contributed by atoms with Crippen LogP contribution >= 0.6 is 11.3 Å². The van der Waals surface area contributed by atoms with E-state index in [1.807, 2.05) is 35.7 Å². The zero-order valence-corrected chi connectivity index (χ0v) is 12.0. The Morgan fingerprint density at radius 1 is 1.24 bits per heavy atom. The Morgan fingerprint density at radius 2 is 2.10 bits per heavy atom. The third-order valence-corrected chi connectivity index (χ3v) is 4.11. The number of H-pyrrole nitrogens is 1. The molecule has 106 valence electrons. The summed E-state index contributed by atoms with van der Waals surface area (Å²) in [5, 5.41) is 15.0. The number of carbonyl (C=O) groups is 1. The normalized spacial score (nSPS) is 12.0. The van der Waals surface area contributed by atoms with Crippen LogP contribution in [0.15, 0.2) is 54.0 Å². The highest BCUT2D eigenvalue weighted by atomic mass is 32.1. The lowest BCUT2D eigenvalue weighted by atomic mass is 10.0. The molecule has 0 saturated heterocycles. The molecule has 1 aromatic carbocycles. The molecule has 0 aliphatic carbocycles. The van der Waals surface area contributed by atoms with Gasteiger partial charge in [0, 0.05) is 4.88 Å². The Morgan fingerprint density at radius 3 is 2.76 bits per heavy atom. The molecule has 1 amide bonds. The Labute approximate surface area is 126 Å². The first-order valence-corrected chi connectivity index (χ1v) is 7.45. The molecule has 0 spiro atoms. The number of aromatic amines is 1. The summed E-state index contributed by atoms with van der Waals surface area (Å²) in [6.45, 7) is 0. The number of thiophene rings is 1. The average molecular weight is 298 g/mol. The van der Waals surface area contributed by atoms with Crippen LogP contribution < -0.4 is 5.32 Å². The number of hydrogen-bond acceptors (Lipinski definition) is 4. The van der Waals surface area contributed by atoms with Crippen molar-refractivity contribution in [3.8, 4) is 0 Å². The Bertz CT molecular complexity index is 680. The number of amides is 1. The molecule has 0 fully saturated rings. The van der Waals surface area contributed by atoms with Gasteiger partial charge in [0.1, 0.15) is 0 Å². The molecule has 1 atom stereocenters. The lowest BCUT2D eigenvalue weighted by Gasteiger charge is -2.17. The van der Waals surface area contributed by atoms with Crippen molar-refractivity contribution in [2.75, 3.05) is 0 Å². The zero-order chi connectivity index (χ0) is 14.5. The SMILES string of the molecule is O=C(NC(Cc1ccccc1)c1cccs1)c1cn[nH]n1. The fraction of sp³-hybridized carbons (Fsp3) is 0.133. The Kier molecular flexibility index (Phi) is 4.07. The summed E-state index contributed by atoms with van der Waals surface area (Å²) in [6, 6.07) is 14.0. The molecule has 0 aliphatic rings. The van der Waals surface area contributed by atoms with E-state index in [0.29, 0.717) is 5.69 Å². The van der Waals surface area contributed by atoms with Gasteiger partial charge in [-0.2, -0.15) is 15.4 Å². The second kappa shape index (κ2) is 6.32. The summed E-state index contributed by atoms with van der Waals surface area (Å²) < 4.78 is 0. The summed E-state index contributed by atoms with van der Waals surface area (Å²) in [5.41, 5.74) is 1.47. The first-order valence-electron chi connectivity index (χ1n) is 6.57. The number of hydrogen-bond donors (Lipinski definition) is 2. The maximum atomic E-state index is 12.2. The summed E-state index contributed by atoms with van der Waals surface area (Å²) >= 11 is 1.63. The monoisotopic (exact) mass is 298 g/mol. The van der Waals surface area contributed by atoms with Gasteiger partial charge in [0.15, 0.2) is 5.69 Å². The molecule has 2 aromatic heterocycles. The highest BCUT2D eigenvalue weighted by Gasteiger charge is 2.18. The second-order valence-electron chi connectivity index (χ2n) is 4.59. The first kappa shape index (κ1) is 13.5. The van der Waals surface area contributed by atoms with E-state index in [2.05, 4.69) is 32.9 Å². The van der Waals surface area contributed by atoms with Crippen LogP contribution in [0.5, 0.6) is 0 Å². The van der Waals surface area contributed by atoms with Crippen molar-refractivity contribution < 1.29 is 4.79 Å². The van der Waals surface area contributed by atoms with Crippen molar-refractivity contribution in [1.82, 2.24) is 20.7 Å². The van der Waals surface area contributed by atoms with Gasteiger partial charge in [0.05, 0.1) is 12.2 Å². The van der Waals surface area contributed by atoms with Gasteiger partial charge in [-0.05, 0) is 23.4 Å². The molecule has 2 N–H and O–H groups in total. The third-order valence-electron chi connectivity index (χ3n) is 3.12. The van der Waals surface area contributed by atoms with Crippen molar-refractivity contribution in [2.24, 2.45) is 0 Å². The van der Waals surface area contributed by atoms with Crippen molar-refractivity contribution >= 4 is 17.2 Å². The van der Waals surface area contributed by atoms with E-state index in [1.54, 1.807) is 11.3 Å². The van der Waals surface area contributed by atoms with Crippen molar-refractivity contribution in [3.63, 3.8) is 0 Å². The van der Waals surface area contributed by atoms with Gasteiger partial charge in [0.2, 0.25) is 0 Å². The van der Waals surface area contributed by atoms with E-state index in [4.69, 9.17) is 0 Å². The summed E-state index contributed by atoms with van der Waals surface area (Å²) in [7, 11) is 0. The topological polar surface area (TPSA) is 70.7 Å². The average Bonchev–Trinajstić information content (AvgIpc) is 3.21. The highest BCUT2D eigenvalue weighted by Crippen LogP contribution is 2.23. The molecule has 0 aliphatic heterocycles. The highest BCUT2D eigenvalue weighted by molar-refractivity contribution is 7.10. The lowest BCUT2D eigenvalue weighted by Crippen LogP contribution is -2.29. The zero-order valence-electron chi connectivity index (χ0n) is 11.2. The molecule has 0 saturated carbocycles. The number of nitrogens with one attached hydrogen (secondary N) is 2. The third kappa shape index (κ3) is 3.35. The van der Waals surface area contributed by atoms with Gasteiger partial charge in [-0.3, -0.25) is 4.79 Å². The Balaban J connectivity index is 1.78. The number of nitrogens with zero attached hydrogens (tertiary/aromatic N) is 2. The van der Waals surface area contributed by atoms with E-state index >= 15 is 0 Å². The molecular formula is C15H14N4OS. The minimum atomic E-state index is -0.224. The smallest absolute Gasteiger partial charge is 0.273 e. The Hall–Kier alpha value is -2.47. The van der Waals surface area contributed by atoms with Crippen molar-refractivity contribution in [3.05, 3.63) is 70.2 Å². The molecule has 2 heterocycles. The van der Waals surface area contributed by atoms with E-state index in [0.717, 1.165) is 11.3 Å². The van der Waals surface area contributed by atoms with Crippen molar-refractivity contribution in [2.45, 2.75) is 12.5 Å². The predicted octanol–water partition coefficient (Wildman–Crippen LogP) is 2.58. The second-order valence-corrected chi connectivity index (χ2v) is 5.57. The lowest BCUT2D eigenvalue weighted by molar-refractivity contribution is 0.0932. The van der Waals surface area contributed by atoms with Crippen LogP contribution in [0.4, 0.5) is 0 Å². The van der Waals surface area contributed by atoms with Gasteiger partial charge < -0.3 is 5.32 Å². The molecular weight excluding hydrogens is 284 g/mol. The van der Waals surface area contributed by atoms with E-state index in [-0.39, 0.29) is 11.9 Å². The standard InChI is InChI=1S/C15H14N4OS/c20-15(13-10-16-19-18-13)17-12(14-7-4-8-21-14)9-11-5-2-1-3-6-11/h1-8,10,12H,9H2,(H,17,20)(H,16,18,19). The van der Waals surface area contributed by atoms with Crippen LogP contribution in [-0.4, -0.2) is 21.3 Å². The molecule has 21 heavy (non-hydrogen) atoms. The molecule has 3 rings (SSSR count). The molecule has 0 bridgehead atoms. The quantitative estimate of drug-likeness (QED) is 0.760. The van der Waals surface area contributed by atoms with E-state index < -0.39 is 0 Å². The summed E-state index contributed by atoms with van der Waals surface area (Å²) in [6.07, 6.45) is 2.16. The molecule has 6 heteroatoms. The van der Waals surface area contributed by atoms with Gasteiger partial charge in [-0.15, -0.1) is 11.3 Å². The maximum absolute atomic E-state index is 12.2. The summed E-state index contributed by atoms with van der Waals surface area (Å²) in [5.74, 6) is -0.224. The summed E-state index contributed by atoms with van der Waals surface area (Å²) in [4.78, 5) is 13.3. The predicted molar refractivity (Wildman–Crippen MR) is 81.1 cm³/mol. The van der Waals surface area contributed by atoms with E-state index in [1.165, 1.54) is 11.8 Å². The number of carbonyl (C=O) groups excluding carboxylic acids is 1. The molecule has 0 radical (unpaired) electrons. The largest absolute Gasteiger partial charge is 0.343 e. The van der Waals surface area contributed by atoms with Gasteiger partial charge in [-0.1, -0.05) is 36.4 Å². The molecule has 3 aromatic rings. The van der Waals surface area contributed by atoms with Crippen LogP contribution in [0.1, 0.15) is 27.0 Å². The number of benzene rings is 1. The van der Waals surface area contributed by atoms with E-state index in [9.17, 15) is 4.79 Å². The van der Waals surface area contributed by atoms with Crippen LogP contribution in [0.2, 0.25) is 0 Å². The minimum absolute atomic E-state index is 0.0726. The fourth-order valence-corrected chi connectivity index (χ4v) is 2.88. The maximum Gasteiger partial charge on any atom is 0.273 e. The molecule has 1 unspecified atom stereocenters. The minimum Gasteiger partial charge on any atom is -0.343 e. The number of aromatic nitrogens is 3. The van der Waals surface area contributed by atoms with Crippen LogP contribution in [0.25, 0.3) is 0 Å². The molecule has 5 nitrogen and oxygen atoms in total. The van der Waals surface area contributed by atoms with Crippen LogP contribution in [-0.2, 0) is 6.42 Å². The van der Waals surface area contributed by atoms with Gasteiger partial charge in [0.25, 0.3) is 5.91 Å². The first-order chi connectivity index (χ1) is 10.3. The number of rotatable bonds is 5.